The monoisotopic (exact) mass is 171 g/mol. The lowest BCUT2D eigenvalue weighted by Crippen LogP contribution is -2.32. The van der Waals surface area contributed by atoms with Gasteiger partial charge < -0.3 is 4.74 Å². The van der Waals surface area contributed by atoms with Crippen molar-refractivity contribution in [3.8, 4) is 0 Å². The van der Waals surface area contributed by atoms with Crippen LogP contribution in [0.5, 0.6) is 0 Å². The topological polar surface area (TPSA) is 12.5 Å². The molecule has 1 saturated heterocycles. The summed E-state index contributed by atoms with van der Waals surface area (Å²) in [5, 5.41) is 4.58. The smallest absolute Gasteiger partial charge is 0.0603 e. The highest BCUT2D eigenvalue weighted by atomic mass is 32.2. The van der Waals surface area contributed by atoms with Gasteiger partial charge in [0, 0.05) is 13.1 Å². The van der Waals surface area contributed by atoms with Crippen molar-refractivity contribution in [3.63, 3.8) is 0 Å². The van der Waals surface area contributed by atoms with E-state index in [9.17, 15) is 0 Å². The van der Waals surface area contributed by atoms with E-state index in [-0.39, 0.29) is 11.1 Å². The number of ether oxygens (including phenoxy) is 1. The number of hydrogen-bond acceptors (Lipinski definition) is 2. The molecule has 0 bridgehead atoms. The van der Waals surface area contributed by atoms with Crippen LogP contribution in [-0.2, 0) is 4.74 Å². The summed E-state index contributed by atoms with van der Waals surface area (Å²) in [4.78, 5) is 0. The molecule has 2 heterocycles. The average Bonchev–Trinajstić information content (AvgIpc) is 2.58. The van der Waals surface area contributed by atoms with Gasteiger partial charge in [0.2, 0.25) is 0 Å². The number of thiol groups is 1. The minimum absolute atomic E-state index is 0.0711. The van der Waals surface area contributed by atoms with E-state index in [1.54, 1.807) is 0 Å². The van der Waals surface area contributed by atoms with Crippen molar-refractivity contribution in [2.45, 2.75) is 0 Å². The third-order valence-corrected chi connectivity index (χ3v) is 3.91. The van der Waals surface area contributed by atoms with E-state index in [0.717, 1.165) is 26.3 Å². The second-order valence-corrected chi connectivity index (χ2v) is 4.55. The molecule has 0 aliphatic carbocycles. The second-order valence-electron chi connectivity index (χ2n) is 2.63. The third-order valence-electron chi connectivity index (χ3n) is 1.90. The molecule has 2 aliphatic heterocycles. The van der Waals surface area contributed by atoms with Crippen LogP contribution < -0.4 is 0 Å². The fraction of sp³-hybridized carbons (Fsp3) is 0.500. The van der Waals surface area contributed by atoms with Gasteiger partial charge in [-0.3, -0.25) is 4.31 Å². The van der Waals surface area contributed by atoms with Crippen molar-refractivity contribution >= 4 is 11.1 Å². The zero-order chi connectivity index (χ0) is 7.52. The molecule has 0 atom stereocenters. The van der Waals surface area contributed by atoms with Gasteiger partial charge in [-0.15, -0.1) is 0 Å². The van der Waals surface area contributed by atoms with Crippen molar-refractivity contribution in [2.75, 3.05) is 26.3 Å². The van der Waals surface area contributed by atoms with E-state index in [4.69, 9.17) is 4.74 Å². The first kappa shape index (κ1) is 7.40. The Kier molecular flexibility index (Phi) is 2.31. The summed E-state index contributed by atoms with van der Waals surface area (Å²) in [6.07, 6.45) is 4.28. The largest absolute Gasteiger partial charge is 0.379 e. The third kappa shape index (κ3) is 1.67. The second kappa shape index (κ2) is 3.43. The lowest BCUT2D eigenvalue weighted by Gasteiger charge is -2.32. The highest BCUT2D eigenvalue weighted by Crippen LogP contribution is 2.37. The van der Waals surface area contributed by atoms with Crippen LogP contribution in [0.3, 0.4) is 0 Å². The Morgan fingerprint density at radius 1 is 1.09 bits per heavy atom. The zero-order valence-electron chi connectivity index (χ0n) is 6.44. The lowest BCUT2D eigenvalue weighted by molar-refractivity contribution is 0.0770. The molecule has 0 aromatic carbocycles. The van der Waals surface area contributed by atoms with E-state index < -0.39 is 0 Å². The summed E-state index contributed by atoms with van der Waals surface area (Å²) < 4.78 is 7.78. The van der Waals surface area contributed by atoms with Crippen molar-refractivity contribution in [3.05, 3.63) is 23.0 Å². The van der Waals surface area contributed by atoms with Crippen LogP contribution in [0.15, 0.2) is 23.0 Å². The molecular weight excluding hydrogens is 158 g/mol. The first-order chi connectivity index (χ1) is 5.47. The maximum absolute atomic E-state index is 5.28. The molecule has 0 saturated carbocycles. The number of allylic oxidation sites excluding steroid dienone is 2. The minimum Gasteiger partial charge on any atom is -0.379 e. The number of nitrogens with zero attached hydrogens (tertiary/aromatic N) is 1. The molecule has 62 valence electrons. The van der Waals surface area contributed by atoms with E-state index in [0.29, 0.717) is 0 Å². The van der Waals surface area contributed by atoms with Crippen LogP contribution in [0, 0.1) is 0 Å². The maximum Gasteiger partial charge on any atom is 0.0603 e. The molecule has 3 heteroatoms. The van der Waals surface area contributed by atoms with Crippen LogP contribution in [-0.4, -0.2) is 30.6 Å². The van der Waals surface area contributed by atoms with E-state index >= 15 is 0 Å². The van der Waals surface area contributed by atoms with Crippen LogP contribution in [0.25, 0.3) is 0 Å². The Morgan fingerprint density at radius 2 is 1.73 bits per heavy atom. The van der Waals surface area contributed by atoms with Crippen LogP contribution in [0.2, 0.25) is 0 Å². The highest BCUT2D eigenvalue weighted by molar-refractivity contribution is 8.20. The van der Waals surface area contributed by atoms with E-state index in [1.165, 1.54) is 0 Å². The van der Waals surface area contributed by atoms with E-state index in [1.807, 2.05) is 0 Å². The molecule has 1 fully saturated rings. The molecule has 0 amide bonds. The zero-order valence-corrected chi connectivity index (χ0v) is 7.33. The summed E-state index contributed by atoms with van der Waals surface area (Å²) in [7, 11) is 0. The van der Waals surface area contributed by atoms with Crippen molar-refractivity contribution in [1.82, 2.24) is 4.31 Å². The molecule has 2 nitrogen and oxygen atoms in total. The SMILES string of the molecule is C1=C[SH](N2CCOCC2)C=C1. The molecule has 2 rings (SSSR count). The van der Waals surface area contributed by atoms with Gasteiger partial charge in [0.15, 0.2) is 0 Å². The average molecular weight is 171 g/mol. The molecule has 0 aromatic rings. The Morgan fingerprint density at radius 3 is 2.36 bits per heavy atom. The highest BCUT2D eigenvalue weighted by Gasteiger charge is 2.14. The molecule has 0 unspecified atom stereocenters. The Labute approximate surface area is 70.0 Å². The van der Waals surface area contributed by atoms with Gasteiger partial charge in [0.05, 0.1) is 13.2 Å². The summed E-state index contributed by atoms with van der Waals surface area (Å²) in [5.41, 5.74) is 0. The molecule has 0 N–H and O–H groups in total. The number of hydrogen-bond donors (Lipinski definition) is 1. The van der Waals surface area contributed by atoms with Crippen LogP contribution >= 0.6 is 11.1 Å². The van der Waals surface area contributed by atoms with Gasteiger partial charge in [0.25, 0.3) is 0 Å². The fourth-order valence-corrected chi connectivity index (χ4v) is 2.95. The first-order valence-electron chi connectivity index (χ1n) is 3.93. The quantitative estimate of drug-likeness (QED) is 0.597. The minimum atomic E-state index is -0.0711. The van der Waals surface area contributed by atoms with Crippen molar-refractivity contribution < 1.29 is 4.74 Å². The Balaban J connectivity index is 1.92. The maximum atomic E-state index is 5.28. The molecule has 0 radical (unpaired) electrons. The standard InChI is InChI=1S/C8H13NOS/c1-2-8-11(7-1)9-3-5-10-6-4-9/h1-2,7-8,11H,3-6H2. The predicted molar refractivity (Wildman–Crippen MR) is 49.7 cm³/mol. The molecule has 0 spiro atoms. The first-order valence-corrected chi connectivity index (χ1v) is 5.36. The molecular formula is C8H13NOS. The normalized spacial score (nSPS) is 28.2. The molecule has 2 aliphatic rings. The Bertz CT molecular complexity index is 173. The van der Waals surface area contributed by atoms with Gasteiger partial charge in [-0.2, -0.15) is 11.1 Å². The fourth-order valence-electron chi connectivity index (χ4n) is 1.30. The van der Waals surface area contributed by atoms with Gasteiger partial charge in [-0.25, -0.2) is 0 Å². The molecule has 11 heavy (non-hydrogen) atoms. The van der Waals surface area contributed by atoms with Crippen LogP contribution in [0.1, 0.15) is 0 Å². The van der Waals surface area contributed by atoms with Gasteiger partial charge in [-0.05, 0) is 10.8 Å². The van der Waals surface area contributed by atoms with Crippen LogP contribution in [0.4, 0.5) is 0 Å². The van der Waals surface area contributed by atoms with Crippen molar-refractivity contribution in [1.29, 1.82) is 0 Å². The number of morpholine rings is 1. The predicted octanol–water partition coefficient (Wildman–Crippen LogP) is 1.28. The van der Waals surface area contributed by atoms with Gasteiger partial charge >= 0.3 is 0 Å². The van der Waals surface area contributed by atoms with Crippen molar-refractivity contribution in [2.24, 2.45) is 0 Å². The Hall–Kier alpha value is -0.250. The number of rotatable bonds is 1. The summed E-state index contributed by atoms with van der Waals surface area (Å²) in [6, 6.07) is 0. The molecule has 0 aromatic heterocycles. The lowest BCUT2D eigenvalue weighted by atomic mass is 10.5. The summed E-state index contributed by atoms with van der Waals surface area (Å²) in [5.74, 6) is 0. The summed E-state index contributed by atoms with van der Waals surface area (Å²) in [6.45, 7) is 4.00. The summed E-state index contributed by atoms with van der Waals surface area (Å²) >= 11 is -0.0711. The van der Waals surface area contributed by atoms with Gasteiger partial charge in [0.1, 0.15) is 0 Å². The van der Waals surface area contributed by atoms with E-state index in [2.05, 4.69) is 27.3 Å². The van der Waals surface area contributed by atoms with Gasteiger partial charge in [-0.1, -0.05) is 12.2 Å².